The standard InChI is InChI=1S/C23H22N4O3S/c1-3-31(29,30)26-20-13-10-18(14-16(20)2)25-23(28)17-8-11-19(12-9-17)27-15-24-21-6-4-5-7-22(21)27/h4-15,26H,3H2,1-2H3,(H,25,28). The lowest BCUT2D eigenvalue weighted by Crippen LogP contribution is -2.16. The lowest BCUT2D eigenvalue weighted by Gasteiger charge is -2.12. The largest absolute Gasteiger partial charge is 0.322 e. The summed E-state index contributed by atoms with van der Waals surface area (Å²) in [5.41, 5.74) is 5.13. The summed E-state index contributed by atoms with van der Waals surface area (Å²) in [5.74, 6) is -0.251. The fourth-order valence-electron chi connectivity index (χ4n) is 3.24. The number of imidazole rings is 1. The molecule has 1 amide bonds. The Morgan fingerprint density at radius 2 is 1.77 bits per heavy atom. The second-order valence-corrected chi connectivity index (χ2v) is 9.15. The van der Waals surface area contributed by atoms with Crippen LogP contribution in [-0.2, 0) is 10.0 Å². The molecule has 158 valence electrons. The average Bonchev–Trinajstić information content (AvgIpc) is 3.20. The van der Waals surface area contributed by atoms with Crippen LogP contribution in [0.5, 0.6) is 0 Å². The number of sulfonamides is 1. The van der Waals surface area contributed by atoms with Gasteiger partial charge in [0.1, 0.15) is 6.33 Å². The normalized spacial score (nSPS) is 11.4. The highest BCUT2D eigenvalue weighted by Crippen LogP contribution is 2.22. The molecule has 0 saturated heterocycles. The van der Waals surface area contributed by atoms with Gasteiger partial charge in [0.25, 0.3) is 5.91 Å². The van der Waals surface area contributed by atoms with Crippen LogP contribution in [-0.4, -0.2) is 29.6 Å². The molecule has 0 aliphatic rings. The highest BCUT2D eigenvalue weighted by Gasteiger charge is 2.11. The average molecular weight is 435 g/mol. The maximum absolute atomic E-state index is 12.7. The van der Waals surface area contributed by atoms with Crippen molar-refractivity contribution in [3.8, 4) is 5.69 Å². The molecule has 2 N–H and O–H groups in total. The van der Waals surface area contributed by atoms with Gasteiger partial charge in [-0.05, 0) is 74.0 Å². The molecule has 0 aliphatic heterocycles. The van der Waals surface area contributed by atoms with E-state index in [1.165, 1.54) is 0 Å². The van der Waals surface area contributed by atoms with Crippen molar-refractivity contribution in [3.63, 3.8) is 0 Å². The molecule has 0 spiro atoms. The Labute approximate surface area is 180 Å². The first-order chi connectivity index (χ1) is 14.9. The van der Waals surface area contributed by atoms with Gasteiger partial charge in [-0.25, -0.2) is 13.4 Å². The number of amides is 1. The van der Waals surface area contributed by atoms with Crippen molar-refractivity contribution in [1.29, 1.82) is 0 Å². The van der Waals surface area contributed by atoms with Gasteiger partial charge in [0, 0.05) is 16.9 Å². The minimum Gasteiger partial charge on any atom is -0.322 e. The quantitative estimate of drug-likeness (QED) is 0.472. The Bertz CT molecular complexity index is 1360. The van der Waals surface area contributed by atoms with E-state index in [1.807, 2.05) is 41.0 Å². The third-order valence-corrected chi connectivity index (χ3v) is 6.28. The van der Waals surface area contributed by atoms with Crippen molar-refractivity contribution in [2.24, 2.45) is 0 Å². The SMILES string of the molecule is CCS(=O)(=O)Nc1ccc(NC(=O)c2ccc(-n3cnc4ccccc43)cc2)cc1C. The van der Waals surface area contributed by atoms with Crippen LogP contribution in [0, 0.1) is 6.92 Å². The number of hydrogen-bond acceptors (Lipinski definition) is 4. The van der Waals surface area contributed by atoms with Crippen molar-refractivity contribution < 1.29 is 13.2 Å². The number of hydrogen-bond donors (Lipinski definition) is 2. The minimum absolute atomic E-state index is 0.00418. The zero-order valence-corrected chi connectivity index (χ0v) is 18.0. The summed E-state index contributed by atoms with van der Waals surface area (Å²) >= 11 is 0. The van der Waals surface area contributed by atoms with Gasteiger partial charge >= 0.3 is 0 Å². The molecular weight excluding hydrogens is 412 g/mol. The summed E-state index contributed by atoms with van der Waals surface area (Å²) < 4.78 is 28.0. The van der Waals surface area contributed by atoms with Crippen LogP contribution in [0.15, 0.2) is 73.1 Å². The van der Waals surface area contributed by atoms with E-state index >= 15 is 0 Å². The van der Waals surface area contributed by atoms with Gasteiger partial charge in [-0.2, -0.15) is 0 Å². The van der Waals surface area contributed by atoms with Gasteiger partial charge in [0.15, 0.2) is 0 Å². The van der Waals surface area contributed by atoms with E-state index in [4.69, 9.17) is 0 Å². The summed E-state index contributed by atoms with van der Waals surface area (Å²) in [4.78, 5) is 17.0. The van der Waals surface area contributed by atoms with E-state index in [2.05, 4.69) is 15.0 Å². The number of para-hydroxylation sites is 2. The summed E-state index contributed by atoms with van der Waals surface area (Å²) in [7, 11) is -3.35. The first-order valence-corrected chi connectivity index (χ1v) is 11.5. The van der Waals surface area contributed by atoms with E-state index in [0.29, 0.717) is 16.9 Å². The Morgan fingerprint density at radius 1 is 1.03 bits per heavy atom. The van der Waals surface area contributed by atoms with E-state index in [1.54, 1.807) is 50.5 Å². The molecule has 0 atom stereocenters. The van der Waals surface area contributed by atoms with Crippen molar-refractivity contribution in [2.75, 3.05) is 15.8 Å². The van der Waals surface area contributed by atoms with Crippen molar-refractivity contribution >= 4 is 38.3 Å². The van der Waals surface area contributed by atoms with Gasteiger partial charge in [-0.1, -0.05) is 12.1 Å². The number of rotatable bonds is 6. The van der Waals surface area contributed by atoms with Crippen LogP contribution >= 0.6 is 0 Å². The summed E-state index contributed by atoms with van der Waals surface area (Å²) in [6.07, 6.45) is 1.76. The molecule has 0 bridgehead atoms. The number of nitrogens with one attached hydrogen (secondary N) is 2. The van der Waals surface area contributed by atoms with Gasteiger partial charge < -0.3 is 5.32 Å². The van der Waals surface area contributed by atoms with Crippen LogP contribution in [0.4, 0.5) is 11.4 Å². The van der Waals surface area contributed by atoms with Crippen molar-refractivity contribution in [3.05, 3.63) is 84.2 Å². The molecule has 4 aromatic rings. The third-order valence-electron chi connectivity index (χ3n) is 4.99. The first kappa shape index (κ1) is 20.6. The number of anilines is 2. The fraction of sp³-hybridized carbons (Fsp3) is 0.130. The molecule has 0 saturated carbocycles. The molecule has 1 aromatic heterocycles. The topological polar surface area (TPSA) is 93.1 Å². The van der Waals surface area contributed by atoms with E-state index < -0.39 is 10.0 Å². The maximum Gasteiger partial charge on any atom is 0.255 e. The Morgan fingerprint density at radius 3 is 2.48 bits per heavy atom. The highest BCUT2D eigenvalue weighted by molar-refractivity contribution is 7.92. The molecular formula is C23H22N4O3S. The highest BCUT2D eigenvalue weighted by atomic mass is 32.2. The lowest BCUT2D eigenvalue weighted by atomic mass is 10.1. The van der Waals surface area contributed by atoms with Crippen LogP contribution in [0.2, 0.25) is 0 Å². The molecule has 4 rings (SSSR count). The number of aromatic nitrogens is 2. The number of carbonyl (C=O) groups is 1. The number of benzene rings is 3. The predicted octanol–water partition coefficient (Wildman–Crippen LogP) is 4.35. The lowest BCUT2D eigenvalue weighted by molar-refractivity contribution is 0.102. The Kier molecular flexibility index (Phi) is 5.48. The van der Waals surface area contributed by atoms with Crippen molar-refractivity contribution in [2.45, 2.75) is 13.8 Å². The van der Waals surface area contributed by atoms with E-state index in [-0.39, 0.29) is 11.7 Å². The molecule has 3 aromatic carbocycles. The van der Waals surface area contributed by atoms with E-state index in [9.17, 15) is 13.2 Å². The number of fused-ring (bicyclic) bond motifs is 1. The Hall–Kier alpha value is -3.65. The van der Waals surface area contributed by atoms with E-state index in [0.717, 1.165) is 22.3 Å². The predicted molar refractivity (Wildman–Crippen MR) is 123 cm³/mol. The molecule has 0 fully saturated rings. The number of aryl methyl sites for hydroxylation is 1. The van der Waals surface area contributed by atoms with Crippen LogP contribution in [0.25, 0.3) is 16.7 Å². The smallest absolute Gasteiger partial charge is 0.255 e. The van der Waals surface area contributed by atoms with Gasteiger partial charge in [0.2, 0.25) is 10.0 Å². The monoisotopic (exact) mass is 434 g/mol. The van der Waals surface area contributed by atoms with Gasteiger partial charge in [-0.3, -0.25) is 14.1 Å². The molecule has 31 heavy (non-hydrogen) atoms. The minimum atomic E-state index is -3.35. The van der Waals surface area contributed by atoms with Gasteiger partial charge in [-0.15, -0.1) is 0 Å². The van der Waals surface area contributed by atoms with Gasteiger partial charge in [0.05, 0.1) is 22.5 Å². The van der Waals surface area contributed by atoms with Crippen LogP contribution in [0.3, 0.4) is 0 Å². The summed E-state index contributed by atoms with van der Waals surface area (Å²) in [6, 6.07) is 20.2. The van der Waals surface area contributed by atoms with Crippen molar-refractivity contribution in [1.82, 2.24) is 9.55 Å². The molecule has 0 radical (unpaired) electrons. The molecule has 7 nitrogen and oxygen atoms in total. The molecule has 8 heteroatoms. The summed E-state index contributed by atoms with van der Waals surface area (Å²) in [5, 5.41) is 2.85. The Balaban J connectivity index is 1.50. The molecule has 0 aliphatic carbocycles. The zero-order chi connectivity index (χ0) is 22.0. The second-order valence-electron chi connectivity index (χ2n) is 7.14. The first-order valence-electron chi connectivity index (χ1n) is 9.81. The summed E-state index contributed by atoms with van der Waals surface area (Å²) in [6.45, 7) is 3.36. The maximum atomic E-state index is 12.7. The third kappa shape index (κ3) is 4.44. The second kappa shape index (κ2) is 8.23. The van der Waals surface area contributed by atoms with Crippen LogP contribution in [0.1, 0.15) is 22.8 Å². The number of nitrogens with zero attached hydrogens (tertiary/aromatic N) is 2. The fourth-order valence-corrected chi connectivity index (χ4v) is 3.95. The van der Waals surface area contributed by atoms with Crippen LogP contribution < -0.4 is 10.0 Å². The zero-order valence-electron chi connectivity index (χ0n) is 17.2. The molecule has 1 heterocycles. The number of carbonyl (C=O) groups excluding carboxylic acids is 1. The molecule has 0 unspecified atom stereocenters.